The first-order chi connectivity index (χ1) is 16.5. The molecule has 0 saturated carbocycles. The van der Waals surface area contributed by atoms with Crippen molar-refractivity contribution in [2.24, 2.45) is 0 Å². The summed E-state index contributed by atoms with van der Waals surface area (Å²) in [5.74, 6) is 1.21. The largest absolute Gasteiger partial charge is 0.481 e. The molecule has 1 aliphatic rings. The summed E-state index contributed by atoms with van der Waals surface area (Å²) in [7, 11) is 1.57. The van der Waals surface area contributed by atoms with Gasteiger partial charge < -0.3 is 20.1 Å². The lowest BCUT2D eigenvalue weighted by molar-refractivity contribution is 0.102. The molecule has 2 atom stereocenters. The predicted octanol–water partition coefficient (Wildman–Crippen LogP) is 2.97. The number of aromatic nitrogens is 4. The van der Waals surface area contributed by atoms with Crippen molar-refractivity contribution < 1.29 is 14.3 Å². The van der Waals surface area contributed by atoms with Crippen molar-refractivity contribution in [1.82, 2.24) is 25.3 Å². The van der Waals surface area contributed by atoms with E-state index in [2.05, 4.69) is 35.9 Å². The van der Waals surface area contributed by atoms with Crippen molar-refractivity contribution >= 4 is 17.7 Å². The standard InChI is InChI=1S/C24H29N7O3/c1-15-12-21(34-16(2)19-7-5-9-25-19)30-24(29-15)31-23(32)18-6-4-10-27-22(18)28-14-17-8-11-26-20(13-17)33-3/h4,6,8,10-13,16,19,25H,5,7,9,14H2,1-3H3,(H,27,28)(H,29,30,31,32). The van der Waals surface area contributed by atoms with E-state index in [4.69, 9.17) is 9.47 Å². The molecular weight excluding hydrogens is 434 g/mol. The minimum absolute atomic E-state index is 0.0405. The highest BCUT2D eigenvalue weighted by Gasteiger charge is 2.23. The summed E-state index contributed by atoms with van der Waals surface area (Å²) in [4.78, 5) is 30.2. The summed E-state index contributed by atoms with van der Waals surface area (Å²) in [5.41, 5.74) is 2.02. The molecule has 0 aliphatic carbocycles. The molecule has 3 aromatic heterocycles. The number of pyridine rings is 2. The smallest absolute Gasteiger partial charge is 0.261 e. The van der Waals surface area contributed by atoms with Gasteiger partial charge in [0, 0.05) is 42.8 Å². The zero-order valence-electron chi connectivity index (χ0n) is 19.5. The molecule has 1 aliphatic heterocycles. The molecule has 10 heteroatoms. The lowest BCUT2D eigenvalue weighted by atomic mass is 10.1. The fourth-order valence-electron chi connectivity index (χ4n) is 3.80. The minimum Gasteiger partial charge on any atom is -0.481 e. The van der Waals surface area contributed by atoms with Gasteiger partial charge >= 0.3 is 0 Å². The van der Waals surface area contributed by atoms with Gasteiger partial charge in [-0.3, -0.25) is 10.1 Å². The van der Waals surface area contributed by atoms with Gasteiger partial charge in [-0.1, -0.05) is 0 Å². The van der Waals surface area contributed by atoms with E-state index in [0.717, 1.165) is 24.9 Å². The number of carbonyl (C=O) groups excluding carboxylic acids is 1. The molecule has 4 heterocycles. The predicted molar refractivity (Wildman–Crippen MR) is 128 cm³/mol. The van der Waals surface area contributed by atoms with E-state index in [-0.39, 0.29) is 24.0 Å². The third-order valence-electron chi connectivity index (χ3n) is 5.55. The van der Waals surface area contributed by atoms with E-state index < -0.39 is 0 Å². The average molecular weight is 464 g/mol. The number of methoxy groups -OCH3 is 1. The quantitative estimate of drug-likeness (QED) is 0.439. The van der Waals surface area contributed by atoms with Crippen LogP contribution in [0.4, 0.5) is 11.8 Å². The number of nitrogens with one attached hydrogen (secondary N) is 3. The molecule has 0 radical (unpaired) electrons. The van der Waals surface area contributed by atoms with Gasteiger partial charge in [-0.15, -0.1) is 0 Å². The van der Waals surface area contributed by atoms with Crippen LogP contribution in [0, 0.1) is 6.92 Å². The number of ether oxygens (including phenoxy) is 2. The molecule has 0 aromatic carbocycles. The third-order valence-corrected chi connectivity index (χ3v) is 5.55. The topological polar surface area (TPSA) is 123 Å². The number of rotatable bonds is 9. The molecule has 3 aromatic rings. The summed E-state index contributed by atoms with van der Waals surface area (Å²) >= 11 is 0. The number of aryl methyl sites for hydroxylation is 1. The molecule has 34 heavy (non-hydrogen) atoms. The Labute approximate surface area is 198 Å². The monoisotopic (exact) mass is 463 g/mol. The van der Waals surface area contributed by atoms with Crippen LogP contribution in [0.1, 0.15) is 41.4 Å². The van der Waals surface area contributed by atoms with Crippen molar-refractivity contribution in [1.29, 1.82) is 0 Å². The molecule has 1 fully saturated rings. The maximum atomic E-state index is 13.0. The van der Waals surface area contributed by atoms with Gasteiger partial charge in [0.05, 0.1) is 12.7 Å². The molecule has 3 N–H and O–H groups in total. The molecule has 1 saturated heterocycles. The Morgan fingerprint density at radius 3 is 2.88 bits per heavy atom. The van der Waals surface area contributed by atoms with E-state index in [9.17, 15) is 4.79 Å². The van der Waals surface area contributed by atoms with E-state index >= 15 is 0 Å². The van der Waals surface area contributed by atoms with Crippen LogP contribution in [0.3, 0.4) is 0 Å². The second kappa shape index (κ2) is 10.9. The molecule has 0 bridgehead atoms. The molecule has 1 amide bonds. The van der Waals surface area contributed by atoms with E-state index in [0.29, 0.717) is 35.4 Å². The van der Waals surface area contributed by atoms with Crippen LogP contribution in [-0.2, 0) is 6.54 Å². The summed E-state index contributed by atoms with van der Waals surface area (Å²) in [6.45, 7) is 5.30. The summed E-state index contributed by atoms with van der Waals surface area (Å²) in [5, 5.41) is 9.41. The highest BCUT2D eigenvalue weighted by molar-refractivity contribution is 6.06. The number of hydrogen-bond acceptors (Lipinski definition) is 9. The fraction of sp³-hybridized carbons (Fsp3) is 0.375. The Kier molecular flexibility index (Phi) is 7.48. The van der Waals surface area contributed by atoms with E-state index in [1.807, 2.05) is 26.0 Å². The number of nitrogens with zero attached hydrogens (tertiary/aromatic N) is 4. The van der Waals surface area contributed by atoms with E-state index in [1.54, 1.807) is 37.7 Å². The summed E-state index contributed by atoms with van der Waals surface area (Å²) in [6.07, 6.45) is 5.46. The van der Waals surface area contributed by atoms with Gasteiger partial charge in [-0.25, -0.2) is 15.0 Å². The Morgan fingerprint density at radius 2 is 2.09 bits per heavy atom. The zero-order valence-corrected chi connectivity index (χ0v) is 19.5. The molecule has 178 valence electrons. The van der Waals surface area contributed by atoms with Crippen LogP contribution < -0.4 is 25.4 Å². The van der Waals surface area contributed by atoms with Gasteiger partial charge in [0.25, 0.3) is 5.91 Å². The van der Waals surface area contributed by atoms with Gasteiger partial charge in [-0.05, 0) is 57.0 Å². The number of anilines is 2. The minimum atomic E-state index is -0.370. The van der Waals surface area contributed by atoms with E-state index in [1.165, 1.54) is 0 Å². The van der Waals surface area contributed by atoms with Crippen LogP contribution in [0.5, 0.6) is 11.8 Å². The summed E-state index contributed by atoms with van der Waals surface area (Å²) < 4.78 is 11.2. The van der Waals surface area contributed by atoms with Crippen molar-refractivity contribution in [3.05, 3.63) is 59.5 Å². The second-order valence-corrected chi connectivity index (χ2v) is 8.11. The lowest BCUT2D eigenvalue weighted by Crippen LogP contribution is -2.36. The molecule has 2 unspecified atom stereocenters. The summed E-state index contributed by atoms with van der Waals surface area (Å²) in [6, 6.07) is 9.14. The first kappa shape index (κ1) is 23.4. The normalized spacial score (nSPS) is 16.0. The second-order valence-electron chi connectivity index (χ2n) is 8.11. The fourth-order valence-corrected chi connectivity index (χ4v) is 3.80. The van der Waals surface area contributed by atoms with Gasteiger partial charge in [0.2, 0.25) is 17.7 Å². The molecular formula is C24H29N7O3. The molecule has 0 spiro atoms. The maximum absolute atomic E-state index is 13.0. The maximum Gasteiger partial charge on any atom is 0.261 e. The van der Waals surface area contributed by atoms with Crippen molar-refractivity contribution in [2.75, 3.05) is 24.3 Å². The van der Waals surface area contributed by atoms with Crippen molar-refractivity contribution in [3.63, 3.8) is 0 Å². The zero-order chi connectivity index (χ0) is 23.9. The number of hydrogen-bond donors (Lipinski definition) is 3. The highest BCUT2D eigenvalue weighted by Crippen LogP contribution is 2.20. The third kappa shape index (κ3) is 5.96. The number of carbonyl (C=O) groups is 1. The Hall–Kier alpha value is -3.79. The van der Waals surface area contributed by atoms with Gasteiger partial charge in [-0.2, -0.15) is 4.98 Å². The van der Waals surface area contributed by atoms with Crippen LogP contribution >= 0.6 is 0 Å². The van der Waals surface area contributed by atoms with Crippen LogP contribution in [0.25, 0.3) is 0 Å². The van der Waals surface area contributed by atoms with Crippen molar-refractivity contribution in [3.8, 4) is 11.8 Å². The van der Waals surface area contributed by atoms with Crippen LogP contribution in [0.15, 0.2) is 42.7 Å². The Morgan fingerprint density at radius 1 is 1.21 bits per heavy atom. The highest BCUT2D eigenvalue weighted by atomic mass is 16.5. The first-order valence-electron chi connectivity index (χ1n) is 11.3. The average Bonchev–Trinajstić information content (AvgIpc) is 3.38. The Bertz CT molecular complexity index is 1140. The number of amides is 1. The van der Waals surface area contributed by atoms with Gasteiger partial charge in [0.1, 0.15) is 11.9 Å². The van der Waals surface area contributed by atoms with Crippen LogP contribution in [0.2, 0.25) is 0 Å². The van der Waals surface area contributed by atoms with Crippen molar-refractivity contribution in [2.45, 2.75) is 45.4 Å². The lowest BCUT2D eigenvalue weighted by Gasteiger charge is -2.20. The molecule has 4 rings (SSSR count). The SMILES string of the molecule is COc1cc(CNc2ncccc2C(=O)Nc2nc(C)cc(OC(C)C3CCCN3)n2)ccn1. The van der Waals surface area contributed by atoms with Gasteiger partial charge in [0.15, 0.2) is 0 Å². The Balaban J connectivity index is 1.44. The van der Waals surface area contributed by atoms with Crippen LogP contribution in [-0.4, -0.2) is 51.6 Å². The first-order valence-corrected chi connectivity index (χ1v) is 11.3. The molecule has 10 nitrogen and oxygen atoms in total.